The van der Waals surface area contributed by atoms with E-state index in [4.69, 9.17) is 9.47 Å². The first-order valence-corrected chi connectivity index (χ1v) is 6.52. The van der Waals surface area contributed by atoms with E-state index in [2.05, 4.69) is 21.8 Å². The molecule has 3 heterocycles. The predicted octanol–water partition coefficient (Wildman–Crippen LogP) is 1.49. The highest BCUT2D eigenvalue weighted by atomic mass is 16.5. The van der Waals surface area contributed by atoms with Gasteiger partial charge in [0.05, 0.1) is 19.3 Å². The molecule has 1 aromatic heterocycles. The molecule has 3 rings (SSSR count). The van der Waals surface area contributed by atoms with Gasteiger partial charge in [0, 0.05) is 19.2 Å². The number of methoxy groups -OCH3 is 1. The van der Waals surface area contributed by atoms with Crippen molar-refractivity contribution in [1.29, 1.82) is 0 Å². The summed E-state index contributed by atoms with van der Waals surface area (Å²) in [5.74, 6) is 2.27. The molecule has 2 aliphatic rings. The smallest absolute Gasteiger partial charge is 0.218 e. The molecule has 2 saturated heterocycles. The van der Waals surface area contributed by atoms with Crippen LogP contribution in [0.25, 0.3) is 0 Å². The van der Waals surface area contributed by atoms with Crippen LogP contribution in [0, 0.1) is 5.92 Å². The van der Waals surface area contributed by atoms with Crippen LogP contribution in [0.5, 0.6) is 5.88 Å². The van der Waals surface area contributed by atoms with Gasteiger partial charge in [-0.3, -0.25) is 0 Å². The van der Waals surface area contributed by atoms with E-state index in [0.717, 1.165) is 24.8 Å². The average molecular weight is 249 g/mol. The molecule has 1 aromatic rings. The maximum absolute atomic E-state index is 5.96. The number of ether oxygens (including phenoxy) is 2. The minimum absolute atomic E-state index is 0.356. The third-order valence-corrected chi connectivity index (χ3v) is 3.90. The van der Waals surface area contributed by atoms with Crippen LogP contribution in [0.2, 0.25) is 0 Å². The second-order valence-corrected chi connectivity index (χ2v) is 5.13. The third-order valence-electron chi connectivity index (χ3n) is 3.90. The fraction of sp³-hybridized carbons (Fsp3) is 0.692. The van der Waals surface area contributed by atoms with Crippen molar-refractivity contribution in [2.24, 2.45) is 5.92 Å². The van der Waals surface area contributed by atoms with Gasteiger partial charge in [-0.25, -0.2) is 9.97 Å². The summed E-state index contributed by atoms with van der Waals surface area (Å²) >= 11 is 0. The molecule has 5 heteroatoms. The summed E-state index contributed by atoms with van der Waals surface area (Å²) in [5.41, 5.74) is 0. The monoisotopic (exact) mass is 249 g/mol. The van der Waals surface area contributed by atoms with Gasteiger partial charge in [0.2, 0.25) is 5.88 Å². The lowest BCUT2D eigenvalue weighted by molar-refractivity contribution is 0.0413. The summed E-state index contributed by atoms with van der Waals surface area (Å²) in [7, 11) is 1.63. The number of anilines is 1. The van der Waals surface area contributed by atoms with Gasteiger partial charge in [-0.05, 0) is 25.7 Å². The van der Waals surface area contributed by atoms with Crippen molar-refractivity contribution in [3.05, 3.63) is 12.4 Å². The first kappa shape index (κ1) is 11.7. The van der Waals surface area contributed by atoms with Crippen LogP contribution in [0.4, 0.5) is 5.82 Å². The molecule has 3 atom stereocenters. The van der Waals surface area contributed by atoms with Crippen LogP contribution in [-0.4, -0.2) is 42.4 Å². The zero-order valence-corrected chi connectivity index (χ0v) is 10.9. The van der Waals surface area contributed by atoms with Crippen molar-refractivity contribution in [2.45, 2.75) is 32.0 Å². The Morgan fingerprint density at radius 3 is 3.17 bits per heavy atom. The molecule has 2 fully saturated rings. The molecular formula is C13H19N3O2. The fourth-order valence-corrected chi connectivity index (χ4v) is 2.99. The van der Waals surface area contributed by atoms with E-state index in [1.807, 2.05) is 6.07 Å². The van der Waals surface area contributed by atoms with E-state index < -0.39 is 0 Å². The Hall–Kier alpha value is -1.36. The van der Waals surface area contributed by atoms with Gasteiger partial charge < -0.3 is 14.4 Å². The molecule has 0 bridgehead atoms. The van der Waals surface area contributed by atoms with Crippen LogP contribution in [0.3, 0.4) is 0 Å². The molecule has 0 spiro atoms. The molecule has 0 unspecified atom stereocenters. The molecule has 0 amide bonds. The van der Waals surface area contributed by atoms with Crippen molar-refractivity contribution < 1.29 is 9.47 Å². The van der Waals surface area contributed by atoms with Gasteiger partial charge in [0.15, 0.2) is 0 Å². The zero-order chi connectivity index (χ0) is 12.5. The highest BCUT2D eigenvalue weighted by molar-refractivity contribution is 5.41. The van der Waals surface area contributed by atoms with Crippen LogP contribution in [0.1, 0.15) is 19.8 Å². The van der Waals surface area contributed by atoms with Crippen LogP contribution < -0.4 is 9.64 Å². The molecule has 18 heavy (non-hydrogen) atoms. The standard InChI is InChI=1S/C13H19N3O2/c1-9-5-10-3-4-16(7-11(10)18-9)12-6-13(17-2)15-8-14-12/h6,8-11H,3-5,7H2,1-2H3/t9-,10-,11+/m1/s1. The van der Waals surface area contributed by atoms with Gasteiger partial charge in [-0.1, -0.05) is 0 Å². The number of piperidine rings is 1. The van der Waals surface area contributed by atoms with Gasteiger partial charge in [0.25, 0.3) is 0 Å². The Morgan fingerprint density at radius 1 is 1.44 bits per heavy atom. The zero-order valence-electron chi connectivity index (χ0n) is 10.9. The summed E-state index contributed by atoms with van der Waals surface area (Å²) in [5, 5.41) is 0. The largest absolute Gasteiger partial charge is 0.481 e. The minimum atomic E-state index is 0.356. The summed E-state index contributed by atoms with van der Waals surface area (Å²) in [4.78, 5) is 10.6. The number of hydrogen-bond acceptors (Lipinski definition) is 5. The first-order chi connectivity index (χ1) is 8.76. The summed E-state index contributed by atoms with van der Waals surface area (Å²) in [6, 6.07) is 1.89. The number of nitrogens with zero attached hydrogens (tertiary/aromatic N) is 3. The SMILES string of the molecule is COc1cc(N2CC[C@@H]3C[C@@H](C)O[C@H]3C2)ncn1. The Kier molecular flexibility index (Phi) is 3.07. The van der Waals surface area contributed by atoms with Crippen molar-refractivity contribution in [1.82, 2.24) is 9.97 Å². The highest BCUT2D eigenvalue weighted by Crippen LogP contribution is 2.34. The summed E-state index contributed by atoms with van der Waals surface area (Å²) < 4.78 is 11.1. The fourth-order valence-electron chi connectivity index (χ4n) is 2.99. The third kappa shape index (κ3) is 2.14. The second kappa shape index (κ2) is 4.72. The molecule has 2 aliphatic heterocycles. The highest BCUT2D eigenvalue weighted by Gasteiger charge is 2.37. The Bertz CT molecular complexity index is 426. The van der Waals surface area contributed by atoms with Gasteiger partial charge >= 0.3 is 0 Å². The van der Waals surface area contributed by atoms with Gasteiger partial charge in [0.1, 0.15) is 12.1 Å². The van der Waals surface area contributed by atoms with Crippen molar-refractivity contribution >= 4 is 5.82 Å². The Morgan fingerprint density at radius 2 is 2.33 bits per heavy atom. The van der Waals surface area contributed by atoms with E-state index >= 15 is 0 Å². The van der Waals surface area contributed by atoms with Crippen molar-refractivity contribution in [2.75, 3.05) is 25.1 Å². The maximum atomic E-state index is 5.96. The van der Waals surface area contributed by atoms with Crippen LogP contribution >= 0.6 is 0 Å². The van der Waals surface area contributed by atoms with E-state index in [1.165, 1.54) is 12.8 Å². The maximum Gasteiger partial charge on any atom is 0.218 e. The van der Waals surface area contributed by atoms with Crippen LogP contribution in [0.15, 0.2) is 12.4 Å². The van der Waals surface area contributed by atoms with Gasteiger partial charge in [-0.15, -0.1) is 0 Å². The van der Waals surface area contributed by atoms with E-state index in [0.29, 0.717) is 18.1 Å². The first-order valence-electron chi connectivity index (χ1n) is 6.52. The quantitative estimate of drug-likeness (QED) is 0.794. The molecule has 0 aromatic carbocycles. The lowest BCUT2D eigenvalue weighted by atomic mass is 9.92. The molecule has 0 aliphatic carbocycles. The lowest BCUT2D eigenvalue weighted by Crippen LogP contribution is -2.42. The summed E-state index contributed by atoms with van der Waals surface area (Å²) in [6.45, 7) is 4.13. The van der Waals surface area contributed by atoms with Gasteiger partial charge in [-0.2, -0.15) is 0 Å². The van der Waals surface area contributed by atoms with Crippen molar-refractivity contribution in [3.63, 3.8) is 0 Å². The van der Waals surface area contributed by atoms with E-state index in [1.54, 1.807) is 13.4 Å². The number of fused-ring (bicyclic) bond motifs is 1. The average Bonchev–Trinajstić information content (AvgIpc) is 2.77. The molecule has 0 radical (unpaired) electrons. The summed E-state index contributed by atoms with van der Waals surface area (Å²) in [6.07, 6.45) is 4.69. The number of hydrogen-bond donors (Lipinski definition) is 0. The molecule has 5 nitrogen and oxygen atoms in total. The number of rotatable bonds is 2. The van der Waals surface area contributed by atoms with Crippen LogP contribution in [-0.2, 0) is 4.74 Å². The predicted molar refractivity (Wildman–Crippen MR) is 67.9 cm³/mol. The Balaban J connectivity index is 1.73. The lowest BCUT2D eigenvalue weighted by Gasteiger charge is -2.34. The normalized spacial score (nSPS) is 31.2. The molecule has 98 valence electrons. The molecular weight excluding hydrogens is 230 g/mol. The second-order valence-electron chi connectivity index (χ2n) is 5.13. The van der Waals surface area contributed by atoms with Crippen molar-refractivity contribution in [3.8, 4) is 5.88 Å². The topological polar surface area (TPSA) is 47.5 Å². The minimum Gasteiger partial charge on any atom is -0.481 e. The number of aromatic nitrogens is 2. The van der Waals surface area contributed by atoms with E-state index in [9.17, 15) is 0 Å². The molecule has 0 saturated carbocycles. The van der Waals surface area contributed by atoms with E-state index in [-0.39, 0.29) is 0 Å². The molecule has 0 N–H and O–H groups in total. The Labute approximate surface area is 107 Å².